The van der Waals surface area contributed by atoms with Gasteiger partial charge >= 0.3 is 0 Å². The lowest BCUT2D eigenvalue weighted by Crippen LogP contribution is -2.25. The number of nitro groups is 1. The number of unbranched alkanes of at least 4 members (excludes halogenated alkanes) is 2. The second-order valence-corrected chi connectivity index (χ2v) is 5.18. The number of nitrogen functional groups attached to an aromatic ring is 1. The molecule has 1 rings (SSSR count). The SMILES string of the molecule is CSCCCCCNC(=O)c1cc(N)ncc1[N+](=O)[O-]. The van der Waals surface area contributed by atoms with Gasteiger partial charge in [0.15, 0.2) is 0 Å². The van der Waals surface area contributed by atoms with Gasteiger partial charge in [-0.3, -0.25) is 14.9 Å². The van der Waals surface area contributed by atoms with Crippen molar-refractivity contribution in [3.05, 3.63) is 27.9 Å². The zero-order chi connectivity index (χ0) is 15.0. The number of nitrogens with one attached hydrogen (secondary N) is 1. The number of hydrogen-bond donors (Lipinski definition) is 2. The number of nitrogens with two attached hydrogens (primary N) is 1. The maximum absolute atomic E-state index is 11.9. The minimum absolute atomic E-state index is 0.0494. The molecule has 0 radical (unpaired) electrons. The van der Waals surface area contributed by atoms with Crippen molar-refractivity contribution in [2.24, 2.45) is 0 Å². The van der Waals surface area contributed by atoms with E-state index in [1.165, 1.54) is 6.07 Å². The summed E-state index contributed by atoms with van der Waals surface area (Å²) in [6.07, 6.45) is 6.01. The van der Waals surface area contributed by atoms with Crippen LogP contribution in [-0.4, -0.2) is 34.4 Å². The van der Waals surface area contributed by atoms with Gasteiger partial charge in [0.1, 0.15) is 17.6 Å². The normalized spacial score (nSPS) is 10.2. The predicted octanol–water partition coefficient (Wildman–Crippen LogP) is 1.84. The number of anilines is 1. The van der Waals surface area contributed by atoms with Gasteiger partial charge in [-0.15, -0.1) is 0 Å². The maximum Gasteiger partial charge on any atom is 0.300 e. The Balaban J connectivity index is 2.54. The molecule has 0 saturated heterocycles. The summed E-state index contributed by atoms with van der Waals surface area (Å²) >= 11 is 1.79. The van der Waals surface area contributed by atoms with Crippen molar-refractivity contribution >= 4 is 29.2 Å². The van der Waals surface area contributed by atoms with Crippen LogP contribution in [0.1, 0.15) is 29.6 Å². The Morgan fingerprint density at radius 1 is 1.50 bits per heavy atom. The third-order valence-electron chi connectivity index (χ3n) is 2.66. The van der Waals surface area contributed by atoms with E-state index < -0.39 is 10.8 Å². The Morgan fingerprint density at radius 2 is 2.25 bits per heavy atom. The van der Waals surface area contributed by atoms with E-state index in [0.717, 1.165) is 31.2 Å². The number of pyridine rings is 1. The van der Waals surface area contributed by atoms with Crippen LogP contribution in [0.15, 0.2) is 12.3 Å². The average Bonchev–Trinajstić information content (AvgIpc) is 2.42. The number of carbonyl (C=O) groups excluding carboxylic acids is 1. The molecule has 110 valence electrons. The third-order valence-corrected chi connectivity index (χ3v) is 3.35. The number of carbonyl (C=O) groups is 1. The molecular weight excluding hydrogens is 280 g/mol. The first-order chi connectivity index (χ1) is 9.56. The van der Waals surface area contributed by atoms with Gasteiger partial charge < -0.3 is 11.1 Å². The molecule has 20 heavy (non-hydrogen) atoms. The third kappa shape index (κ3) is 5.04. The van der Waals surface area contributed by atoms with Crippen LogP contribution >= 0.6 is 11.8 Å². The minimum atomic E-state index is -0.639. The summed E-state index contributed by atoms with van der Waals surface area (Å²) in [5.41, 5.74) is 5.08. The molecule has 7 nitrogen and oxygen atoms in total. The summed E-state index contributed by atoms with van der Waals surface area (Å²) in [7, 11) is 0. The molecule has 1 heterocycles. The van der Waals surface area contributed by atoms with Crippen molar-refractivity contribution in [2.45, 2.75) is 19.3 Å². The number of nitrogens with zero attached hydrogens (tertiary/aromatic N) is 2. The number of thioether (sulfide) groups is 1. The Labute approximate surface area is 121 Å². The Bertz CT molecular complexity index is 482. The standard InChI is InChI=1S/C12H18N4O3S/c1-20-6-4-2-3-5-14-12(17)9-7-11(13)15-8-10(9)16(18)19/h7-8H,2-6H2,1H3,(H2,13,15)(H,14,17). The summed E-state index contributed by atoms with van der Waals surface area (Å²) in [5, 5.41) is 13.5. The Hall–Kier alpha value is -1.83. The fraction of sp³-hybridized carbons (Fsp3) is 0.500. The molecule has 0 aliphatic carbocycles. The minimum Gasteiger partial charge on any atom is -0.384 e. The molecule has 0 saturated carbocycles. The average molecular weight is 298 g/mol. The Kier molecular flexibility index (Phi) is 6.78. The van der Waals surface area contributed by atoms with Gasteiger partial charge in [-0.05, 0) is 30.9 Å². The first-order valence-electron chi connectivity index (χ1n) is 6.23. The highest BCUT2D eigenvalue weighted by atomic mass is 32.2. The number of hydrogen-bond acceptors (Lipinski definition) is 6. The molecule has 1 aromatic rings. The van der Waals surface area contributed by atoms with Crippen LogP contribution in [0.4, 0.5) is 11.5 Å². The summed E-state index contributed by atoms with van der Waals surface area (Å²) in [6, 6.07) is 1.22. The lowest BCUT2D eigenvalue weighted by Gasteiger charge is -2.06. The largest absolute Gasteiger partial charge is 0.384 e. The first kappa shape index (κ1) is 16.2. The van der Waals surface area contributed by atoms with E-state index >= 15 is 0 Å². The molecule has 1 amide bonds. The first-order valence-corrected chi connectivity index (χ1v) is 7.62. The van der Waals surface area contributed by atoms with Crippen molar-refractivity contribution in [3.63, 3.8) is 0 Å². The van der Waals surface area contributed by atoms with Crippen molar-refractivity contribution in [3.8, 4) is 0 Å². The van der Waals surface area contributed by atoms with E-state index in [4.69, 9.17) is 5.73 Å². The van der Waals surface area contributed by atoms with Gasteiger partial charge in [0.2, 0.25) is 0 Å². The second kappa shape index (κ2) is 8.36. The lowest BCUT2D eigenvalue weighted by atomic mass is 10.2. The van der Waals surface area contributed by atoms with Gasteiger partial charge in [0, 0.05) is 6.54 Å². The van der Waals surface area contributed by atoms with Gasteiger partial charge in [-0.1, -0.05) is 6.42 Å². The summed E-state index contributed by atoms with van der Waals surface area (Å²) < 4.78 is 0. The highest BCUT2D eigenvalue weighted by Gasteiger charge is 2.20. The Morgan fingerprint density at radius 3 is 2.90 bits per heavy atom. The van der Waals surface area contributed by atoms with Crippen molar-refractivity contribution < 1.29 is 9.72 Å². The molecular formula is C12H18N4O3S. The number of amides is 1. The molecule has 0 aliphatic heterocycles. The zero-order valence-electron chi connectivity index (χ0n) is 11.3. The molecule has 1 aromatic heterocycles. The van der Waals surface area contributed by atoms with E-state index in [0.29, 0.717) is 6.54 Å². The molecule has 0 aromatic carbocycles. The predicted molar refractivity (Wildman–Crippen MR) is 79.9 cm³/mol. The van der Waals surface area contributed by atoms with Crippen LogP contribution in [0.5, 0.6) is 0 Å². The van der Waals surface area contributed by atoms with E-state index in [-0.39, 0.29) is 17.1 Å². The fourth-order valence-electron chi connectivity index (χ4n) is 1.64. The smallest absolute Gasteiger partial charge is 0.300 e. The monoisotopic (exact) mass is 298 g/mol. The fourth-order valence-corrected chi connectivity index (χ4v) is 2.13. The van der Waals surface area contributed by atoms with Crippen LogP contribution in [-0.2, 0) is 0 Å². The summed E-state index contributed by atoms with van der Waals surface area (Å²) in [6.45, 7) is 0.493. The molecule has 0 bridgehead atoms. The van der Waals surface area contributed by atoms with E-state index in [1.807, 2.05) is 0 Å². The number of rotatable bonds is 8. The maximum atomic E-state index is 11.9. The molecule has 0 fully saturated rings. The van der Waals surface area contributed by atoms with Crippen molar-refractivity contribution in [1.29, 1.82) is 0 Å². The summed E-state index contributed by atoms with van der Waals surface area (Å²) in [4.78, 5) is 25.7. The topological polar surface area (TPSA) is 111 Å². The second-order valence-electron chi connectivity index (χ2n) is 4.19. The molecule has 0 unspecified atom stereocenters. The molecule has 3 N–H and O–H groups in total. The van der Waals surface area contributed by atoms with Gasteiger partial charge in [-0.2, -0.15) is 11.8 Å². The van der Waals surface area contributed by atoms with Crippen molar-refractivity contribution in [2.75, 3.05) is 24.3 Å². The molecule has 0 atom stereocenters. The van der Waals surface area contributed by atoms with Gasteiger partial charge in [-0.25, -0.2) is 4.98 Å². The number of aromatic nitrogens is 1. The van der Waals surface area contributed by atoms with E-state index in [9.17, 15) is 14.9 Å². The highest BCUT2D eigenvalue weighted by molar-refractivity contribution is 7.98. The molecule has 8 heteroatoms. The van der Waals surface area contributed by atoms with Crippen molar-refractivity contribution in [1.82, 2.24) is 10.3 Å². The van der Waals surface area contributed by atoms with Crippen LogP contribution in [0.25, 0.3) is 0 Å². The summed E-state index contributed by atoms with van der Waals surface area (Å²) in [5.74, 6) is 0.691. The molecule has 0 spiro atoms. The van der Waals surface area contributed by atoms with Crippen LogP contribution in [0.2, 0.25) is 0 Å². The quantitative estimate of drug-likeness (QED) is 0.430. The van der Waals surface area contributed by atoms with Gasteiger partial charge in [0.05, 0.1) is 4.92 Å². The van der Waals surface area contributed by atoms with Crippen LogP contribution in [0, 0.1) is 10.1 Å². The van der Waals surface area contributed by atoms with E-state index in [1.54, 1.807) is 11.8 Å². The molecule has 0 aliphatic rings. The van der Waals surface area contributed by atoms with Crippen LogP contribution in [0.3, 0.4) is 0 Å². The lowest BCUT2D eigenvalue weighted by molar-refractivity contribution is -0.385. The highest BCUT2D eigenvalue weighted by Crippen LogP contribution is 2.18. The zero-order valence-corrected chi connectivity index (χ0v) is 12.1. The van der Waals surface area contributed by atoms with Crippen LogP contribution < -0.4 is 11.1 Å². The van der Waals surface area contributed by atoms with E-state index in [2.05, 4.69) is 16.6 Å². The van der Waals surface area contributed by atoms with Gasteiger partial charge in [0.25, 0.3) is 11.6 Å².